The van der Waals surface area contributed by atoms with E-state index in [1.807, 2.05) is 60.7 Å². The van der Waals surface area contributed by atoms with Crippen molar-refractivity contribution >= 4 is 5.91 Å². The second-order valence-electron chi connectivity index (χ2n) is 4.81. The minimum Gasteiger partial charge on any atom is -0.388 e. The molecule has 0 aromatic heterocycles. The smallest absolute Gasteiger partial charge is 0.216 e. The number of rotatable bonds is 5. The summed E-state index contributed by atoms with van der Waals surface area (Å²) in [6.07, 6.45) is -0.648. The average molecular weight is 269 g/mol. The van der Waals surface area contributed by atoms with Gasteiger partial charge < -0.3 is 10.4 Å². The Bertz CT molecular complexity index is 539. The number of hydrogen-bond acceptors (Lipinski definition) is 2. The third-order valence-corrected chi connectivity index (χ3v) is 3.32. The van der Waals surface area contributed by atoms with E-state index in [4.69, 9.17) is 0 Å². The zero-order valence-electron chi connectivity index (χ0n) is 11.5. The van der Waals surface area contributed by atoms with E-state index in [0.29, 0.717) is 6.54 Å². The van der Waals surface area contributed by atoms with Gasteiger partial charge in [-0.2, -0.15) is 0 Å². The topological polar surface area (TPSA) is 49.3 Å². The van der Waals surface area contributed by atoms with Gasteiger partial charge in [-0.1, -0.05) is 60.7 Å². The van der Waals surface area contributed by atoms with Crippen molar-refractivity contribution in [3.05, 3.63) is 71.8 Å². The Morgan fingerprint density at radius 2 is 1.50 bits per heavy atom. The molecule has 0 fully saturated rings. The minimum absolute atomic E-state index is 0.0915. The summed E-state index contributed by atoms with van der Waals surface area (Å²) in [6.45, 7) is 1.90. The molecule has 2 aromatic rings. The maximum absolute atomic E-state index is 11.1. The number of carbonyl (C=O) groups excluding carboxylic acids is 1. The standard InChI is InChI=1S/C17H19NO2/c1-13(19)18-12-16(14-8-4-2-5-9-14)17(20)15-10-6-3-7-11-15/h2-11,16-17,20H,12H2,1H3,(H,18,19). The summed E-state index contributed by atoms with van der Waals surface area (Å²) in [5.74, 6) is -0.256. The molecule has 0 spiro atoms. The van der Waals surface area contributed by atoms with Crippen LogP contribution in [0.2, 0.25) is 0 Å². The fraction of sp³-hybridized carbons (Fsp3) is 0.235. The monoisotopic (exact) mass is 269 g/mol. The van der Waals surface area contributed by atoms with E-state index in [1.165, 1.54) is 6.92 Å². The highest BCUT2D eigenvalue weighted by Gasteiger charge is 2.22. The maximum atomic E-state index is 11.1. The van der Waals surface area contributed by atoms with Crippen LogP contribution in [0, 0.1) is 0 Å². The largest absolute Gasteiger partial charge is 0.388 e. The van der Waals surface area contributed by atoms with E-state index in [-0.39, 0.29) is 11.8 Å². The predicted molar refractivity (Wildman–Crippen MR) is 79.3 cm³/mol. The SMILES string of the molecule is CC(=O)NCC(c1ccccc1)C(O)c1ccccc1. The van der Waals surface area contributed by atoms with E-state index in [9.17, 15) is 9.90 Å². The summed E-state index contributed by atoms with van der Waals surface area (Å²) in [7, 11) is 0. The molecule has 1 amide bonds. The second-order valence-corrected chi connectivity index (χ2v) is 4.81. The first-order valence-electron chi connectivity index (χ1n) is 6.71. The molecule has 0 aliphatic carbocycles. The van der Waals surface area contributed by atoms with Crippen molar-refractivity contribution in [3.8, 4) is 0 Å². The molecule has 0 radical (unpaired) electrons. The molecule has 0 saturated carbocycles. The summed E-state index contributed by atoms with van der Waals surface area (Å²) >= 11 is 0. The Labute approximate surface area is 119 Å². The lowest BCUT2D eigenvalue weighted by Crippen LogP contribution is -2.29. The lowest BCUT2D eigenvalue weighted by Gasteiger charge is -2.24. The summed E-state index contributed by atoms with van der Waals surface area (Å²) < 4.78 is 0. The number of hydrogen-bond donors (Lipinski definition) is 2. The van der Waals surface area contributed by atoms with Crippen molar-refractivity contribution in [2.24, 2.45) is 0 Å². The van der Waals surface area contributed by atoms with Gasteiger partial charge in [-0.15, -0.1) is 0 Å². The molecule has 0 aliphatic rings. The molecule has 0 aliphatic heterocycles. The Hall–Kier alpha value is -2.13. The Kier molecular flexibility index (Phi) is 4.91. The van der Waals surface area contributed by atoms with E-state index >= 15 is 0 Å². The number of aliphatic hydroxyl groups excluding tert-OH is 1. The van der Waals surface area contributed by atoms with Gasteiger partial charge in [0.1, 0.15) is 0 Å². The van der Waals surface area contributed by atoms with Crippen molar-refractivity contribution in [3.63, 3.8) is 0 Å². The molecule has 2 aromatic carbocycles. The van der Waals surface area contributed by atoms with Crippen molar-refractivity contribution in [1.29, 1.82) is 0 Å². The molecule has 20 heavy (non-hydrogen) atoms. The fourth-order valence-corrected chi connectivity index (χ4v) is 2.25. The highest BCUT2D eigenvalue weighted by atomic mass is 16.3. The summed E-state index contributed by atoms with van der Waals surface area (Å²) in [4.78, 5) is 11.1. The van der Waals surface area contributed by atoms with Gasteiger partial charge in [-0.3, -0.25) is 4.79 Å². The Balaban J connectivity index is 2.24. The van der Waals surface area contributed by atoms with Crippen molar-refractivity contribution < 1.29 is 9.90 Å². The Morgan fingerprint density at radius 1 is 1.00 bits per heavy atom. The average Bonchev–Trinajstić information content (AvgIpc) is 2.49. The Morgan fingerprint density at radius 3 is 2.00 bits per heavy atom. The second kappa shape index (κ2) is 6.87. The van der Waals surface area contributed by atoms with E-state index in [0.717, 1.165) is 11.1 Å². The van der Waals surface area contributed by atoms with Crippen LogP contribution in [-0.2, 0) is 4.79 Å². The molecule has 3 nitrogen and oxygen atoms in total. The highest BCUT2D eigenvalue weighted by Crippen LogP contribution is 2.30. The number of amides is 1. The lowest BCUT2D eigenvalue weighted by atomic mass is 9.89. The number of nitrogens with one attached hydrogen (secondary N) is 1. The fourth-order valence-electron chi connectivity index (χ4n) is 2.25. The van der Waals surface area contributed by atoms with Crippen LogP contribution in [0.3, 0.4) is 0 Å². The van der Waals surface area contributed by atoms with Gasteiger partial charge in [0.15, 0.2) is 0 Å². The van der Waals surface area contributed by atoms with Crippen LogP contribution in [-0.4, -0.2) is 17.6 Å². The zero-order valence-corrected chi connectivity index (χ0v) is 11.5. The predicted octanol–water partition coefficient (Wildman–Crippen LogP) is 2.64. The highest BCUT2D eigenvalue weighted by molar-refractivity contribution is 5.72. The first kappa shape index (κ1) is 14.3. The molecular weight excluding hydrogens is 250 g/mol. The van der Waals surface area contributed by atoms with Crippen molar-refractivity contribution in [2.75, 3.05) is 6.54 Å². The van der Waals surface area contributed by atoms with Gasteiger partial charge in [0.2, 0.25) is 5.91 Å². The van der Waals surface area contributed by atoms with Gasteiger partial charge in [-0.25, -0.2) is 0 Å². The first-order chi connectivity index (χ1) is 9.68. The van der Waals surface area contributed by atoms with Gasteiger partial charge in [0.25, 0.3) is 0 Å². The van der Waals surface area contributed by atoms with Gasteiger partial charge in [-0.05, 0) is 11.1 Å². The number of aliphatic hydroxyl groups is 1. The third kappa shape index (κ3) is 3.68. The molecule has 104 valence electrons. The summed E-state index contributed by atoms with van der Waals surface area (Å²) in [5, 5.41) is 13.4. The van der Waals surface area contributed by atoms with Gasteiger partial charge in [0.05, 0.1) is 6.10 Å². The van der Waals surface area contributed by atoms with Gasteiger partial charge >= 0.3 is 0 Å². The van der Waals surface area contributed by atoms with E-state index in [1.54, 1.807) is 0 Å². The summed E-state index contributed by atoms with van der Waals surface area (Å²) in [6, 6.07) is 19.3. The van der Waals surface area contributed by atoms with Crippen LogP contribution >= 0.6 is 0 Å². The quantitative estimate of drug-likeness (QED) is 0.876. The van der Waals surface area contributed by atoms with Crippen molar-refractivity contribution in [1.82, 2.24) is 5.32 Å². The molecule has 3 heteroatoms. The molecule has 2 rings (SSSR count). The molecule has 0 saturated heterocycles. The normalized spacial score (nSPS) is 13.5. The van der Waals surface area contributed by atoms with Crippen LogP contribution in [0.25, 0.3) is 0 Å². The molecular formula is C17H19NO2. The van der Waals surface area contributed by atoms with Gasteiger partial charge in [0, 0.05) is 19.4 Å². The molecule has 0 bridgehead atoms. The number of carbonyl (C=O) groups is 1. The van der Waals surface area contributed by atoms with Crippen LogP contribution in [0.4, 0.5) is 0 Å². The minimum atomic E-state index is -0.648. The molecule has 2 N–H and O–H groups in total. The summed E-state index contributed by atoms with van der Waals surface area (Å²) in [5.41, 5.74) is 1.87. The third-order valence-electron chi connectivity index (χ3n) is 3.32. The van der Waals surface area contributed by atoms with Crippen LogP contribution in [0.15, 0.2) is 60.7 Å². The van der Waals surface area contributed by atoms with Crippen LogP contribution in [0.5, 0.6) is 0 Å². The van der Waals surface area contributed by atoms with E-state index in [2.05, 4.69) is 5.32 Å². The maximum Gasteiger partial charge on any atom is 0.216 e. The van der Waals surface area contributed by atoms with Crippen LogP contribution < -0.4 is 5.32 Å². The molecule has 0 heterocycles. The lowest BCUT2D eigenvalue weighted by molar-refractivity contribution is -0.119. The molecule has 2 unspecified atom stereocenters. The van der Waals surface area contributed by atoms with Crippen molar-refractivity contribution in [2.45, 2.75) is 18.9 Å². The zero-order chi connectivity index (χ0) is 14.4. The van der Waals surface area contributed by atoms with E-state index < -0.39 is 6.10 Å². The van der Waals surface area contributed by atoms with Crippen LogP contribution in [0.1, 0.15) is 30.1 Å². The molecule has 2 atom stereocenters. The first-order valence-corrected chi connectivity index (χ1v) is 6.71. The number of benzene rings is 2.